The van der Waals surface area contributed by atoms with Gasteiger partial charge in [0.25, 0.3) is 5.91 Å². The maximum Gasteiger partial charge on any atom is 0.251 e. The van der Waals surface area contributed by atoms with E-state index in [0.717, 1.165) is 28.7 Å². The fourth-order valence-electron chi connectivity index (χ4n) is 2.86. The van der Waals surface area contributed by atoms with Crippen molar-refractivity contribution in [1.29, 1.82) is 0 Å². The van der Waals surface area contributed by atoms with Crippen LogP contribution in [0.3, 0.4) is 0 Å². The Morgan fingerprint density at radius 1 is 1.35 bits per heavy atom. The average Bonchev–Trinajstić information content (AvgIpc) is 3.05. The molecule has 0 fully saturated rings. The number of imidazole rings is 1. The quantitative estimate of drug-likeness (QED) is 0.598. The number of carbonyl (C=O) groups excluding carboxylic acids is 1. The first-order valence-corrected chi connectivity index (χ1v) is 9.36. The van der Waals surface area contributed by atoms with Gasteiger partial charge in [0.15, 0.2) is 5.82 Å². The number of hydrogen-bond acceptors (Lipinski definition) is 4. The summed E-state index contributed by atoms with van der Waals surface area (Å²) >= 11 is 3.46. The van der Waals surface area contributed by atoms with Crippen LogP contribution in [0.2, 0.25) is 0 Å². The van der Waals surface area contributed by atoms with Gasteiger partial charge in [0.05, 0.1) is 11.8 Å². The normalized spacial score (nSPS) is 12.2. The van der Waals surface area contributed by atoms with Gasteiger partial charge < -0.3 is 15.2 Å². The highest BCUT2D eigenvalue weighted by Gasteiger charge is 2.15. The molecule has 2 N–H and O–H groups in total. The smallest absolute Gasteiger partial charge is 0.251 e. The number of halogens is 1. The zero-order valence-electron chi connectivity index (χ0n) is 15.3. The lowest BCUT2D eigenvalue weighted by Gasteiger charge is -2.15. The summed E-state index contributed by atoms with van der Waals surface area (Å²) in [6.07, 6.45) is 2.84. The molecule has 1 atom stereocenters. The van der Waals surface area contributed by atoms with Crippen molar-refractivity contribution in [3.05, 3.63) is 46.3 Å². The van der Waals surface area contributed by atoms with Gasteiger partial charge in [-0.3, -0.25) is 4.79 Å². The summed E-state index contributed by atoms with van der Waals surface area (Å²) < 4.78 is 2.84. The van der Waals surface area contributed by atoms with Crippen LogP contribution in [0.4, 0.5) is 11.5 Å². The zero-order valence-corrected chi connectivity index (χ0v) is 16.9. The SMILES string of the molecule is CC[C@H](C)n1cnc2cc(Br)nc(Nc3ccc(C)c(C(=O)NC)c3)c21. The molecule has 3 rings (SSSR count). The highest BCUT2D eigenvalue weighted by molar-refractivity contribution is 9.10. The second kappa shape index (κ2) is 7.45. The van der Waals surface area contributed by atoms with Crippen LogP contribution < -0.4 is 10.6 Å². The number of amides is 1. The lowest BCUT2D eigenvalue weighted by Crippen LogP contribution is -2.19. The number of pyridine rings is 1. The van der Waals surface area contributed by atoms with Crippen molar-refractivity contribution in [2.24, 2.45) is 0 Å². The second-order valence-electron chi connectivity index (χ2n) is 6.30. The first-order chi connectivity index (χ1) is 12.4. The Balaban J connectivity index is 2.09. The van der Waals surface area contributed by atoms with Crippen LogP contribution in [-0.2, 0) is 0 Å². The molecule has 26 heavy (non-hydrogen) atoms. The highest BCUT2D eigenvalue weighted by Crippen LogP contribution is 2.30. The fourth-order valence-corrected chi connectivity index (χ4v) is 3.26. The molecular weight excluding hydrogens is 394 g/mol. The second-order valence-corrected chi connectivity index (χ2v) is 7.12. The zero-order chi connectivity index (χ0) is 18.8. The minimum absolute atomic E-state index is 0.108. The van der Waals surface area contributed by atoms with Gasteiger partial charge in [0, 0.05) is 24.3 Å². The molecule has 1 amide bonds. The van der Waals surface area contributed by atoms with E-state index in [1.807, 2.05) is 37.5 Å². The third-order valence-corrected chi connectivity index (χ3v) is 4.96. The van der Waals surface area contributed by atoms with Crippen molar-refractivity contribution in [3.63, 3.8) is 0 Å². The molecule has 0 bridgehead atoms. The van der Waals surface area contributed by atoms with Gasteiger partial charge in [0.2, 0.25) is 0 Å². The lowest BCUT2D eigenvalue weighted by molar-refractivity contribution is 0.0962. The van der Waals surface area contributed by atoms with Gasteiger partial charge in [0.1, 0.15) is 10.1 Å². The molecule has 2 aromatic heterocycles. The van der Waals surface area contributed by atoms with Crippen LogP contribution in [0, 0.1) is 6.92 Å². The number of hydrogen-bond donors (Lipinski definition) is 2. The standard InChI is InChI=1S/C19H22BrN5O/c1-5-12(3)25-10-22-15-9-16(20)24-18(17(15)25)23-13-7-6-11(2)14(8-13)19(26)21-4/h6-10,12H,5H2,1-4H3,(H,21,26)(H,23,24)/t12-/m0/s1. The van der Waals surface area contributed by atoms with Crippen molar-refractivity contribution in [1.82, 2.24) is 19.9 Å². The Bertz CT molecular complexity index is 966. The first kappa shape index (κ1) is 18.4. The Kier molecular flexibility index (Phi) is 5.27. The molecule has 6 nitrogen and oxygen atoms in total. The molecule has 0 spiro atoms. The maximum atomic E-state index is 12.1. The van der Waals surface area contributed by atoms with E-state index in [0.29, 0.717) is 22.0 Å². The Labute approximate surface area is 161 Å². The van der Waals surface area contributed by atoms with Gasteiger partial charge >= 0.3 is 0 Å². The summed E-state index contributed by atoms with van der Waals surface area (Å²) in [5.41, 5.74) is 4.18. The third-order valence-electron chi connectivity index (χ3n) is 4.56. The summed E-state index contributed by atoms with van der Waals surface area (Å²) in [6, 6.07) is 7.92. The molecular formula is C19H22BrN5O. The van der Waals surface area contributed by atoms with Crippen molar-refractivity contribution in [2.45, 2.75) is 33.2 Å². The van der Waals surface area contributed by atoms with Crippen LogP contribution in [0.1, 0.15) is 42.2 Å². The summed E-state index contributed by atoms with van der Waals surface area (Å²) in [4.78, 5) is 21.2. The molecule has 136 valence electrons. The number of aryl methyl sites for hydroxylation is 1. The van der Waals surface area contributed by atoms with Crippen LogP contribution in [-0.4, -0.2) is 27.5 Å². The number of nitrogens with zero attached hydrogens (tertiary/aromatic N) is 3. The largest absolute Gasteiger partial charge is 0.355 e. The van der Waals surface area contributed by atoms with E-state index in [2.05, 4.69) is 54.9 Å². The van der Waals surface area contributed by atoms with Crippen molar-refractivity contribution in [2.75, 3.05) is 12.4 Å². The molecule has 0 radical (unpaired) electrons. The number of aromatic nitrogens is 3. The van der Waals surface area contributed by atoms with E-state index in [-0.39, 0.29) is 5.91 Å². The highest BCUT2D eigenvalue weighted by atomic mass is 79.9. The molecule has 1 aromatic carbocycles. The molecule has 0 aliphatic heterocycles. The van der Waals surface area contributed by atoms with E-state index in [1.54, 1.807) is 7.05 Å². The summed E-state index contributed by atoms with van der Waals surface area (Å²) in [5.74, 6) is 0.599. The van der Waals surface area contributed by atoms with Gasteiger partial charge in [-0.2, -0.15) is 0 Å². The molecule has 0 unspecified atom stereocenters. The van der Waals surface area contributed by atoms with Crippen LogP contribution in [0.5, 0.6) is 0 Å². The Morgan fingerprint density at radius 3 is 2.81 bits per heavy atom. The van der Waals surface area contributed by atoms with Crippen LogP contribution >= 0.6 is 15.9 Å². The first-order valence-electron chi connectivity index (χ1n) is 8.57. The Hall–Kier alpha value is -2.41. The van der Waals surface area contributed by atoms with Gasteiger partial charge in [-0.15, -0.1) is 0 Å². The van der Waals surface area contributed by atoms with Gasteiger partial charge in [-0.25, -0.2) is 9.97 Å². The molecule has 0 saturated carbocycles. The molecule has 0 aliphatic rings. The van der Waals surface area contributed by atoms with E-state index in [9.17, 15) is 4.79 Å². The number of nitrogens with one attached hydrogen (secondary N) is 2. The molecule has 3 aromatic rings. The maximum absolute atomic E-state index is 12.1. The molecule has 0 saturated heterocycles. The van der Waals surface area contributed by atoms with E-state index in [1.165, 1.54) is 0 Å². The van der Waals surface area contributed by atoms with Crippen molar-refractivity contribution >= 4 is 44.4 Å². The predicted octanol–water partition coefficient (Wildman–Crippen LogP) is 4.58. The minimum Gasteiger partial charge on any atom is -0.355 e. The third kappa shape index (κ3) is 3.44. The van der Waals surface area contributed by atoms with Gasteiger partial charge in [-0.1, -0.05) is 13.0 Å². The van der Waals surface area contributed by atoms with Crippen molar-refractivity contribution in [3.8, 4) is 0 Å². The number of fused-ring (bicyclic) bond motifs is 1. The molecule has 7 heteroatoms. The number of rotatable bonds is 5. The van der Waals surface area contributed by atoms with Crippen LogP contribution in [0.15, 0.2) is 35.2 Å². The van der Waals surface area contributed by atoms with Crippen LogP contribution in [0.25, 0.3) is 11.0 Å². The topological polar surface area (TPSA) is 71.8 Å². The molecule has 2 heterocycles. The summed E-state index contributed by atoms with van der Waals surface area (Å²) in [7, 11) is 1.63. The summed E-state index contributed by atoms with van der Waals surface area (Å²) in [6.45, 7) is 6.22. The lowest BCUT2D eigenvalue weighted by atomic mass is 10.1. The van der Waals surface area contributed by atoms with E-state index in [4.69, 9.17) is 0 Å². The number of carbonyl (C=O) groups is 1. The molecule has 0 aliphatic carbocycles. The fraction of sp³-hybridized carbons (Fsp3) is 0.316. The summed E-state index contributed by atoms with van der Waals surface area (Å²) in [5, 5.41) is 6.03. The Morgan fingerprint density at radius 2 is 2.12 bits per heavy atom. The number of anilines is 2. The monoisotopic (exact) mass is 415 g/mol. The van der Waals surface area contributed by atoms with Crippen molar-refractivity contribution < 1.29 is 4.79 Å². The minimum atomic E-state index is -0.108. The number of benzene rings is 1. The average molecular weight is 416 g/mol. The van der Waals surface area contributed by atoms with E-state index >= 15 is 0 Å². The van der Waals surface area contributed by atoms with E-state index < -0.39 is 0 Å². The van der Waals surface area contributed by atoms with Gasteiger partial charge in [-0.05, 0) is 60.0 Å². The predicted molar refractivity (Wildman–Crippen MR) is 108 cm³/mol.